The predicted molar refractivity (Wildman–Crippen MR) is 56.5 cm³/mol. The standard InChI is InChI=1S/C12H24O/c1-9-6-5-7-10(8-13)11(9)12(2,3)4/h9-11,13H,5-8H2,1-4H3. The van der Waals surface area contributed by atoms with E-state index in [2.05, 4.69) is 27.7 Å². The predicted octanol–water partition coefficient (Wildman–Crippen LogP) is 3.08. The maximum absolute atomic E-state index is 9.34. The van der Waals surface area contributed by atoms with Gasteiger partial charge in [-0.25, -0.2) is 0 Å². The fourth-order valence-corrected chi connectivity index (χ4v) is 3.29. The van der Waals surface area contributed by atoms with Gasteiger partial charge in [-0.2, -0.15) is 0 Å². The summed E-state index contributed by atoms with van der Waals surface area (Å²) < 4.78 is 0. The summed E-state index contributed by atoms with van der Waals surface area (Å²) in [6.07, 6.45) is 3.88. The second-order valence-electron chi connectivity index (χ2n) is 5.74. The number of aliphatic hydroxyl groups is 1. The largest absolute Gasteiger partial charge is 0.396 e. The van der Waals surface area contributed by atoms with Crippen LogP contribution >= 0.6 is 0 Å². The van der Waals surface area contributed by atoms with E-state index in [1.807, 2.05) is 0 Å². The van der Waals surface area contributed by atoms with Crippen LogP contribution in [0.25, 0.3) is 0 Å². The summed E-state index contributed by atoms with van der Waals surface area (Å²) in [5.74, 6) is 2.03. The van der Waals surface area contributed by atoms with Crippen LogP contribution in [-0.2, 0) is 0 Å². The first-order valence-electron chi connectivity index (χ1n) is 5.57. The highest BCUT2D eigenvalue weighted by Gasteiger charge is 2.37. The maximum atomic E-state index is 9.34. The van der Waals surface area contributed by atoms with Crippen LogP contribution in [0.3, 0.4) is 0 Å². The minimum absolute atomic E-state index is 0.354. The molecule has 0 saturated heterocycles. The number of rotatable bonds is 1. The highest BCUT2D eigenvalue weighted by molar-refractivity contribution is 4.87. The fraction of sp³-hybridized carbons (Fsp3) is 1.00. The molecule has 1 fully saturated rings. The lowest BCUT2D eigenvalue weighted by molar-refractivity contribution is 0.0223. The molecule has 0 spiro atoms. The van der Waals surface area contributed by atoms with E-state index in [9.17, 15) is 5.11 Å². The molecule has 1 aliphatic carbocycles. The smallest absolute Gasteiger partial charge is 0.0462 e. The van der Waals surface area contributed by atoms with E-state index in [-0.39, 0.29) is 0 Å². The van der Waals surface area contributed by atoms with Crippen molar-refractivity contribution in [2.24, 2.45) is 23.2 Å². The molecule has 1 rings (SSSR count). The normalized spacial score (nSPS) is 36.2. The van der Waals surface area contributed by atoms with Crippen molar-refractivity contribution in [3.63, 3.8) is 0 Å². The van der Waals surface area contributed by atoms with Crippen molar-refractivity contribution in [3.05, 3.63) is 0 Å². The minimum Gasteiger partial charge on any atom is -0.396 e. The van der Waals surface area contributed by atoms with Gasteiger partial charge in [0.05, 0.1) is 0 Å². The van der Waals surface area contributed by atoms with Crippen LogP contribution in [0, 0.1) is 23.2 Å². The van der Waals surface area contributed by atoms with Gasteiger partial charge in [0.15, 0.2) is 0 Å². The van der Waals surface area contributed by atoms with Gasteiger partial charge >= 0.3 is 0 Å². The van der Waals surface area contributed by atoms with E-state index in [4.69, 9.17) is 0 Å². The number of hydrogen-bond donors (Lipinski definition) is 1. The van der Waals surface area contributed by atoms with Crippen LogP contribution in [0.5, 0.6) is 0 Å². The van der Waals surface area contributed by atoms with E-state index in [0.29, 0.717) is 23.9 Å². The molecule has 1 aliphatic rings. The maximum Gasteiger partial charge on any atom is 0.0462 e. The van der Waals surface area contributed by atoms with E-state index in [0.717, 1.165) is 5.92 Å². The van der Waals surface area contributed by atoms with Gasteiger partial charge in [-0.3, -0.25) is 0 Å². The van der Waals surface area contributed by atoms with Crippen molar-refractivity contribution in [3.8, 4) is 0 Å². The van der Waals surface area contributed by atoms with Gasteiger partial charge in [-0.1, -0.05) is 40.5 Å². The van der Waals surface area contributed by atoms with E-state index >= 15 is 0 Å². The van der Waals surface area contributed by atoms with Gasteiger partial charge in [-0.15, -0.1) is 0 Å². The van der Waals surface area contributed by atoms with Crippen molar-refractivity contribution >= 4 is 0 Å². The highest BCUT2D eigenvalue weighted by Crippen LogP contribution is 2.44. The molecule has 0 bridgehead atoms. The first-order valence-corrected chi connectivity index (χ1v) is 5.57. The summed E-state index contributed by atoms with van der Waals surface area (Å²) in [4.78, 5) is 0. The topological polar surface area (TPSA) is 20.2 Å². The van der Waals surface area contributed by atoms with Gasteiger partial charge in [0, 0.05) is 6.61 Å². The van der Waals surface area contributed by atoms with Crippen LogP contribution in [0.2, 0.25) is 0 Å². The Morgan fingerprint density at radius 2 is 1.85 bits per heavy atom. The first kappa shape index (κ1) is 11.0. The Morgan fingerprint density at radius 1 is 1.23 bits per heavy atom. The summed E-state index contributed by atoms with van der Waals surface area (Å²) in [6.45, 7) is 9.65. The molecular weight excluding hydrogens is 160 g/mol. The third kappa shape index (κ3) is 2.46. The molecule has 0 amide bonds. The molecule has 78 valence electrons. The quantitative estimate of drug-likeness (QED) is 0.664. The van der Waals surface area contributed by atoms with Crippen molar-refractivity contribution in [1.29, 1.82) is 0 Å². The Labute approximate surface area is 82.5 Å². The Bertz CT molecular complexity index is 157. The summed E-state index contributed by atoms with van der Waals surface area (Å²) in [5.41, 5.74) is 0.354. The van der Waals surface area contributed by atoms with Crippen LogP contribution in [-0.4, -0.2) is 11.7 Å². The van der Waals surface area contributed by atoms with Crippen molar-refractivity contribution in [2.75, 3.05) is 6.61 Å². The van der Waals surface area contributed by atoms with Crippen LogP contribution < -0.4 is 0 Å². The van der Waals surface area contributed by atoms with Crippen LogP contribution in [0.15, 0.2) is 0 Å². The minimum atomic E-state index is 0.354. The molecule has 0 aliphatic heterocycles. The third-order valence-electron chi connectivity index (χ3n) is 3.59. The number of aliphatic hydroxyl groups excluding tert-OH is 1. The zero-order valence-corrected chi connectivity index (χ0v) is 9.51. The molecule has 0 heterocycles. The molecule has 1 N–H and O–H groups in total. The molecule has 1 saturated carbocycles. The summed E-state index contributed by atoms with van der Waals surface area (Å²) >= 11 is 0. The molecule has 1 heteroatoms. The molecule has 0 aromatic heterocycles. The van der Waals surface area contributed by atoms with Crippen molar-refractivity contribution in [1.82, 2.24) is 0 Å². The van der Waals surface area contributed by atoms with Gasteiger partial charge in [0.25, 0.3) is 0 Å². The second kappa shape index (κ2) is 4.00. The Balaban J connectivity index is 2.73. The monoisotopic (exact) mass is 184 g/mol. The first-order chi connectivity index (χ1) is 5.96. The lowest BCUT2D eigenvalue weighted by Gasteiger charge is -2.44. The highest BCUT2D eigenvalue weighted by atomic mass is 16.3. The van der Waals surface area contributed by atoms with Crippen molar-refractivity contribution < 1.29 is 5.11 Å². The summed E-state index contributed by atoms with van der Waals surface area (Å²) in [7, 11) is 0. The lowest BCUT2D eigenvalue weighted by atomic mass is 9.62. The van der Waals surface area contributed by atoms with Gasteiger partial charge in [0.2, 0.25) is 0 Å². The Morgan fingerprint density at radius 3 is 2.23 bits per heavy atom. The Kier molecular flexibility index (Phi) is 3.39. The summed E-state index contributed by atoms with van der Waals surface area (Å²) in [5, 5.41) is 9.34. The lowest BCUT2D eigenvalue weighted by Crippen LogP contribution is -2.38. The number of hydrogen-bond acceptors (Lipinski definition) is 1. The molecule has 0 aromatic carbocycles. The summed E-state index contributed by atoms with van der Waals surface area (Å²) in [6, 6.07) is 0. The van der Waals surface area contributed by atoms with E-state index in [1.54, 1.807) is 0 Å². The average Bonchev–Trinajstić information content (AvgIpc) is 2.01. The van der Waals surface area contributed by atoms with Gasteiger partial charge in [-0.05, 0) is 29.6 Å². The SMILES string of the molecule is CC1CCCC(CO)C1C(C)(C)C. The van der Waals surface area contributed by atoms with E-state index in [1.165, 1.54) is 19.3 Å². The molecular formula is C12H24O. The third-order valence-corrected chi connectivity index (χ3v) is 3.59. The van der Waals surface area contributed by atoms with Crippen molar-refractivity contribution in [2.45, 2.75) is 47.0 Å². The zero-order valence-electron chi connectivity index (χ0n) is 9.51. The van der Waals surface area contributed by atoms with Crippen LogP contribution in [0.1, 0.15) is 47.0 Å². The molecule has 1 nitrogen and oxygen atoms in total. The van der Waals surface area contributed by atoms with E-state index < -0.39 is 0 Å². The fourth-order valence-electron chi connectivity index (χ4n) is 3.29. The molecule has 13 heavy (non-hydrogen) atoms. The molecule has 3 atom stereocenters. The Hall–Kier alpha value is -0.0400. The second-order valence-corrected chi connectivity index (χ2v) is 5.74. The van der Waals surface area contributed by atoms with Gasteiger partial charge in [0.1, 0.15) is 0 Å². The van der Waals surface area contributed by atoms with Gasteiger partial charge < -0.3 is 5.11 Å². The molecule has 0 aromatic rings. The van der Waals surface area contributed by atoms with Crippen LogP contribution in [0.4, 0.5) is 0 Å². The average molecular weight is 184 g/mol. The molecule has 3 unspecified atom stereocenters. The molecule has 0 radical (unpaired) electrons. The zero-order chi connectivity index (χ0) is 10.1.